The molecule has 0 aromatic heterocycles. The van der Waals surface area contributed by atoms with Crippen LogP contribution < -0.4 is 4.43 Å². The van der Waals surface area contributed by atoms with E-state index >= 15 is 0 Å². The van der Waals surface area contributed by atoms with E-state index in [4.69, 9.17) is 39.2 Å². The van der Waals surface area contributed by atoms with Crippen molar-refractivity contribution in [2.24, 2.45) is 0 Å². The van der Waals surface area contributed by atoms with Crippen molar-refractivity contribution in [3.05, 3.63) is 27.2 Å². The lowest BCUT2D eigenvalue weighted by Gasteiger charge is -2.20. The van der Waals surface area contributed by atoms with E-state index < -0.39 is 8.32 Å². The van der Waals surface area contributed by atoms with Crippen LogP contribution in [0.3, 0.4) is 0 Å². The maximum Gasteiger partial charge on any atom is 0.242 e. The molecule has 0 fully saturated rings. The minimum absolute atomic E-state index is 0.444. The van der Waals surface area contributed by atoms with Crippen molar-refractivity contribution in [2.75, 3.05) is 0 Å². The molecular formula is C9H11Cl3OSi. The maximum atomic E-state index is 5.96. The van der Waals surface area contributed by atoms with E-state index in [9.17, 15) is 0 Å². The van der Waals surface area contributed by atoms with Gasteiger partial charge >= 0.3 is 0 Å². The normalized spacial score (nSPS) is 11.6. The Morgan fingerprint density at radius 3 is 1.93 bits per heavy atom. The topological polar surface area (TPSA) is 9.23 Å². The lowest BCUT2D eigenvalue weighted by Crippen LogP contribution is -2.29. The second-order valence-electron chi connectivity index (χ2n) is 3.91. The molecule has 0 unspecified atom stereocenters. The van der Waals surface area contributed by atoms with Gasteiger partial charge in [0.05, 0.1) is 15.1 Å². The highest BCUT2D eigenvalue weighted by atomic mass is 35.5. The number of hydrogen-bond acceptors (Lipinski definition) is 1. The lowest BCUT2D eigenvalue weighted by atomic mass is 10.3. The van der Waals surface area contributed by atoms with Gasteiger partial charge in [0.25, 0.3) is 0 Å². The van der Waals surface area contributed by atoms with Crippen molar-refractivity contribution in [1.82, 2.24) is 0 Å². The van der Waals surface area contributed by atoms with E-state index in [2.05, 4.69) is 19.6 Å². The quantitative estimate of drug-likeness (QED) is 0.550. The fourth-order valence-electron chi connectivity index (χ4n) is 0.912. The van der Waals surface area contributed by atoms with Gasteiger partial charge in [-0.05, 0) is 25.7 Å². The molecule has 1 aromatic carbocycles. The predicted octanol–water partition coefficient (Wildman–Crippen LogP) is 4.86. The van der Waals surface area contributed by atoms with Crippen LogP contribution in [0.1, 0.15) is 0 Å². The van der Waals surface area contributed by atoms with Crippen LogP contribution in [0.15, 0.2) is 12.1 Å². The molecule has 0 atom stereocenters. The predicted molar refractivity (Wildman–Crippen MR) is 65.4 cm³/mol. The molecule has 1 aromatic rings. The number of hydrogen-bond donors (Lipinski definition) is 0. The van der Waals surface area contributed by atoms with Gasteiger partial charge in [0.15, 0.2) is 0 Å². The Kier molecular flexibility index (Phi) is 3.75. The summed E-state index contributed by atoms with van der Waals surface area (Å²) in [6.07, 6.45) is 0. The lowest BCUT2D eigenvalue weighted by molar-refractivity contribution is 0.558. The summed E-state index contributed by atoms with van der Waals surface area (Å²) >= 11 is 17.6. The van der Waals surface area contributed by atoms with E-state index in [1.54, 1.807) is 12.1 Å². The van der Waals surface area contributed by atoms with Crippen LogP contribution in [-0.4, -0.2) is 8.32 Å². The molecule has 0 saturated heterocycles. The van der Waals surface area contributed by atoms with Crippen molar-refractivity contribution in [2.45, 2.75) is 19.6 Å². The first-order valence-corrected chi connectivity index (χ1v) is 8.67. The molecule has 1 nitrogen and oxygen atoms in total. The summed E-state index contributed by atoms with van der Waals surface area (Å²) in [4.78, 5) is 0. The van der Waals surface area contributed by atoms with Gasteiger partial charge in [-0.15, -0.1) is 0 Å². The molecule has 5 heteroatoms. The SMILES string of the molecule is C[Si](C)(C)Oc1cc(Cl)c(Cl)cc1Cl. The molecule has 0 spiro atoms. The van der Waals surface area contributed by atoms with Crippen LogP contribution in [0.4, 0.5) is 0 Å². The minimum atomic E-state index is -1.66. The van der Waals surface area contributed by atoms with Crippen LogP contribution in [0.2, 0.25) is 34.7 Å². The summed E-state index contributed by atoms with van der Waals surface area (Å²) in [6, 6.07) is 3.26. The number of halogens is 3. The van der Waals surface area contributed by atoms with Crippen molar-refractivity contribution in [1.29, 1.82) is 0 Å². The zero-order valence-corrected chi connectivity index (χ0v) is 11.5. The zero-order valence-electron chi connectivity index (χ0n) is 8.20. The van der Waals surface area contributed by atoms with E-state index in [0.717, 1.165) is 0 Å². The molecule has 14 heavy (non-hydrogen) atoms. The first-order valence-electron chi connectivity index (χ1n) is 4.13. The molecule has 0 aliphatic heterocycles. The van der Waals surface area contributed by atoms with Crippen LogP contribution in [0.25, 0.3) is 0 Å². The van der Waals surface area contributed by atoms with Gasteiger partial charge in [-0.3, -0.25) is 0 Å². The van der Waals surface area contributed by atoms with E-state index in [-0.39, 0.29) is 0 Å². The summed E-state index contributed by atoms with van der Waals surface area (Å²) in [5.74, 6) is 0.611. The highest BCUT2D eigenvalue weighted by molar-refractivity contribution is 6.70. The number of benzene rings is 1. The van der Waals surface area contributed by atoms with Gasteiger partial charge < -0.3 is 4.43 Å². The van der Waals surface area contributed by atoms with Gasteiger partial charge in [0, 0.05) is 6.07 Å². The van der Waals surface area contributed by atoms with E-state index in [1.165, 1.54) is 0 Å². The van der Waals surface area contributed by atoms with E-state index in [0.29, 0.717) is 20.8 Å². The maximum absolute atomic E-state index is 5.96. The number of rotatable bonds is 2. The van der Waals surface area contributed by atoms with Gasteiger partial charge in [-0.2, -0.15) is 0 Å². The fraction of sp³-hybridized carbons (Fsp3) is 0.333. The Balaban J connectivity index is 3.04. The van der Waals surface area contributed by atoms with Crippen molar-refractivity contribution in [3.63, 3.8) is 0 Å². The first kappa shape index (κ1) is 12.2. The third-order valence-corrected chi connectivity index (χ3v) is 3.24. The highest BCUT2D eigenvalue weighted by Gasteiger charge is 2.18. The molecule has 0 heterocycles. The molecule has 1 rings (SSSR count). The van der Waals surface area contributed by atoms with Gasteiger partial charge in [-0.25, -0.2) is 0 Å². The Hall–Kier alpha value is 0.107. The second kappa shape index (κ2) is 4.31. The third kappa shape index (κ3) is 3.35. The summed E-state index contributed by atoms with van der Waals surface area (Å²) in [6.45, 7) is 6.23. The molecule has 78 valence electrons. The van der Waals surface area contributed by atoms with Crippen molar-refractivity contribution < 1.29 is 4.43 Å². The molecule has 0 N–H and O–H groups in total. The Labute approximate surface area is 100 Å². The summed E-state index contributed by atoms with van der Waals surface area (Å²) < 4.78 is 5.73. The van der Waals surface area contributed by atoms with Crippen LogP contribution in [-0.2, 0) is 0 Å². The second-order valence-corrected chi connectivity index (χ2v) is 9.56. The average Bonchev–Trinajstić information content (AvgIpc) is 1.97. The van der Waals surface area contributed by atoms with Gasteiger partial charge in [0.2, 0.25) is 8.32 Å². The molecule has 0 bridgehead atoms. The van der Waals surface area contributed by atoms with Gasteiger partial charge in [0.1, 0.15) is 5.75 Å². The van der Waals surface area contributed by atoms with Crippen molar-refractivity contribution >= 4 is 43.1 Å². The Bertz CT molecular complexity index is 347. The Morgan fingerprint density at radius 1 is 0.929 bits per heavy atom. The van der Waals surface area contributed by atoms with Crippen molar-refractivity contribution in [3.8, 4) is 5.75 Å². The summed E-state index contributed by atoms with van der Waals surface area (Å²) in [7, 11) is -1.66. The molecule has 0 radical (unpaired) electrons. The molecule has 0 aliphatic rings. The monoisotopic (exact) mass is 268 g/mol. The van der Waals surface area contributed by atoms with Crippen LogP contribution in [0.5, 0.6) is 5.75 Å². The molecule has 0 amide bonds. The average molecular weight is 270 g/mol. The van der Waals surface area contributed by atoms with Gasteiger partial charge in [-0.1, -0.05) is 34.8 Å². The minimum Gasteiger partial charge on any atom is -0.543 e. The summed E-state index contributed by atoms with van der Waals surface area (Å²) in [5.41, 5.74) is 0. The Morgan fingerprint density at radius 2 is 1.43 bits per heavy atom. The largest absolute Gasteiger partial charge is 0.543 e. The fourth-order valence-corrected chi connectivity index (χ4v) is 2.38. The van der Waals surface area contributed by atoms with E-state index in [1.807, 2.05) is 0 Å². The molecule has 0 aliphatic carbocycles. The van der Waals surface area contributed by atoms with Crippen LogP contribution in [0, 0.1) is 0 Å². The smallest absolute Gasteiger partial charge is 0.242 e. The summed E-state index contributed by atoms with van der Waals surface area (Å²) in [5, 5.41) is 1.41. The standard InChI is InChI=1S/C9H11Cl3OSi/c1-14(2,3)13-9-5-7(11)6(10)4-8(9)12/h4-5H,1-3H3. The van der Waals surface area contributed by atoms with Crippen LogP contribution >= 0.6 is 34.8 Å². The molecular weight excluding hydrogens is 259 g/mol. The first-order chi connectivity index (χ1) is 6.29. The zero-order chi connectivity index (χ0) is 10.9. The highest BCUT2D eigenvalue weighted by Crippen LogP contribution is 2.34. The third-order valence-electron chi connectivity index (χ3n) is 1.39. The molecule has 0 saturated carbocycles.